The molecular formula is C17H25NO4S. The molecule has 0 unspecified atom stereocenters. The Morgan fingerprint density at radius 3 is 2.30 bits per heavy atom. The molecule has 0 spiro atoms. The van der Waals surface area contributed by atoms with Gasteiger partial charge in [-0.2, -0.15) is 8.42 Å². The summed E-state index contributed by atoms with van der Waals surface area (Å²) in [4.78, 5) is 0.194. The summed E-state index contributed by atoms with van der Waals surface area (Å²) in [5.41, 5.74) is 0.702. The van der Waals surface area contributed by atoms with Crippen LogP contribution in [0.2, 0.25) is 0 Å². The van der Waals surface area contributed by atoms with E-state index in [1.807, 2.05) is 27.7 Å². The maximum absolute atomic E-state index is 12.2. The zero-order chi connectivity index (χ0) is 17.3. The van der Waals surface area contributed by atoms with Crippen molar-refractivity contribution >= 4 is 10.1 Å². The van der Waals surface area contributed by atoms with E-state index in [4.69, 9.17) is 8.92 Å². The van der Waals surface area contributed by atoms with Crippen molar-refractivity contribution in [2.45, 2.75) is 63.2 Å². The largest absolute Gasteiger partial charge is 0.474 e. The van der Waals surface area contributed by atoms with Crippen LogP contribution in [-0.2, 0) is 19.0 Å². The van der Waals surface area contributed by atoms with Crippen molar-refractivity contribution in [1.82, 2.24) is 5.32 Å². The molecule has 128 valence electrons. The lowest BCUT2D eigenvalue weighted by atomic mass is 9.90. The van der Waals surface area contributed by atoms with E-state index in [0.29, 0.717) is 18.7 Å². The molecule has 0 bridgehead atoms. The van der Waals surface area contributed by atoms with Gasteiger partial charge in [-0.1, -0.05) is 17.7 Å². The standard InChI is InChI=1S/C17H25NO4S/c1-12-6-8-16(9-7-12)23(19,20)22-15-10-14(11-15)18-13(2)21-17(3,4)5/h6-9,14-15,18H,2,10-11H2,1,3-5H3. The summed E-state index contributed by atoms with van der Waals surface area (Å²) in [5, 5.41) is 3.14. The Bertz CT molecular complexity index is 653. The van der Waals surface area contributed by atoms with Gasteiger partial charge in [0.25, 0.3) is 10.1 Å². The van der Waals surface area contributed by atoms with Crippen LogP contribution in [0.3, 0.4) is 0 Å². The van der Waals surface area contributed by atoms with E-state index in [0.717, 1.165) is 5.56 Å². The molecular weight excluding hydrogens is 314 g/mol. The number of rotatable bonds is 6. The second-order valence-corrected chi connectivity index (χ2v) is 8.51. The second-order valence-electron chi connectivity index (χ2n) is 6.94. The third kappa shape index (κ3) is 5.25. The molecule has 0 aromatic heterocycles. The molecule has 0 atom stereocenters. The summed E-state index contributed by atoms with van der Waals surface area (Å²) < 4.78 is 35.2. The van der Waals surface area contributed by atoms with Crippen LogP contribution in [0.4, 0.5) is 0 Å². The molecule has 5 nitrogen and oxygen atoms in total. The number of hydrogen-bond acceptors (Lipinski definition) is 5. The Morgan fingerprint density at radius 2 is 1.78 bits per heavy atom. The van der Waals surface area contributed by atoms with E-state index >= 15 is 0 Å². The first-order valence-electron chi connectivity index (χ1n) is 7.69. The predicted octanol–water partition coefficient (Wildman–Crippen LogP) is 3.11. The zero-order valence-electron chi connectivity index (χ0n) is 14.1. The minimum atomic E-state index is -3.70. The van der Waals surface area contributed by atoms with E-state index in [1.165, 1.54) is 0 Å². The van der Waals surface area contributed by atoms with Crippen LogP contribution >= 0.6 is 0 Å². The Morgan fingerprint density at radius 1 is 1.22 bits per heavy atom. The summed E-state index contributed by atoms with van der Waals surface area (Å²) in [7, 11) is -3.70. The van der Waals surface area contributed by atoms with Crippen molar-refractivity contribution < 1.29 is 17.3 Å². The Kier molecular flexibility index (Phi) is 5.06. The minimum absolute atomic E-state index is 0.128. The van der Waals surface area contributed by atoms with Gasteiger partial charge < -0.3 is 10.1 Å². The van der Waals surface area contributed by atoms with Gasteiger partial charge in [0.05, 0.1) is 11.0 Å². The first-order chi connectivity index (χ1) is 10.5. The van der Waals surface area contributed by atoms with Crippen LogP contribution in [0.25, 0.3) is 0 Å². The van der Waals surface area contributed by atoms with Crippen LogP contribution in [0, 0.1) is 6.92 Å². The highest BCUT2D eigenvalue weighted by molar-refractivity contribution is 7.86. The van der Waals surface area contributed by atoms with E-state index in [-0.39, 0.29) is 22.6 Å². The lowest BCUT2D eigenvalue weighted by Gasteiger charge is -2.36. The number of aryl methyl sites for hydroxylation is 1. The van der Waals surface area contributed by atoms with Crippen LogP contribution in [0.15, 0.2) is 41.6 Å². The molecule has 1 saturated carbocycles. The van der Waals surface area contributed by atoms with E-state index in [1.54, 1.807) is 24.3 Å². The van der Waals surface area contributed by atoms with Gasteiger partial charge in [0.2, 0.25) is 0 Å². The molecule has 23 heavy (non-hydrogen) atoms. The average Bonchev–Trinajstić information content (AvgIpc) is 2.34. The van der Waals surface area contributed by atoms with E-state index in [9.17, 15) is 8.42 Å². The van der Waals surface area contributed by atoms with Crippen molar-refractivity contribution in [3.63, 3.8) is 0 Å². The zero-order valence-corrected chi connectivity index (χ0v) is 14.9. The summed E-state index contributed by atoms with van der Waals surface area (Å²) in [6.45, 7) is 11.6. The average molecular weight is 339 g/mol. The second kappa shape index (κ2) is 6.53. The first-order valence-corrected chi connectivity index (χ1v) is 9.10. The van der Waals surface area contributed by atoms with Gasteiger partial charge >= 0.3 is 0 Å². The van der Waals surface area contributed by atoms with Crippen LogP contribution < -0.4 is 5.32 Å². The van der Waals surface area contributed by atoms with Gasteiger partial charge in [0.15, 0.2) is 5.88 Å². The van der Waals surface area contributed by atoms with Crippen molar-refractivity contribution in [1.29, 1.82) is 0 Å². The van der Waals surface area contributed by atoms with Gasteiger partial charge in [0.1, 0.15) is 5.60 Å². The number of benzene rings is 1. The number of hydrogen-bond donors (Lipinski definition) is 1. The topological polar surface area (TPSA) is 64.6 Å². The van der Waals surface area contributed by atoms with Crippen molar-refractivity contribution in [2.75, 3.05) is 0 Å². The van der Waals surface area contributed by atoms with Crippen LogP contribution in [0.1, 0.15) is 39.2 Å². The molecule has 6 heteroatoms. The molecule has 1 N–H and O–H groups in total. The molecule has 1 aromatic carbocycles. The smallest absolute Gasteiger partial charge is 0.297 e. The van der Waals surface area contributed by atoms with Gasteiger partial charge in [0, 0.05) is 6.04 Å². The lowest BCUT2D eigenvalue weighted by molar-refractivity contribution is 0.0236. The molecule has 0 amide bonds. The molecule has 0 aliphatic heterocycles. The fraction of sp³-hybridized carbons (Fsp3) is 0.529. The molecule has 2 rings (SSSR count). The molecule has 1 aliphatic carbocycles. The lowest BCUT2D eigenvalue weighted by Crippen LogP contribution is -2.46. The maximum atomic E-state index is 12.2. The molecule has 1 aromatic rings. The van der Waals surface area contributed by atoms with E-state index in [2.05, 4.69) is 11.9 Å². The predicted molar refractivity (Wildman–Crippen MR) is 89.4 cm³/mol. The van der Waals surface area contributed by atoms with E-state index < -0.39 is 10.1 Å². The fourth-order valence-electron chi connectivity index (χ4n) is 2.33. The SMILES string of the molecule is C=C(NC1CC(OS(=O)(=O)c2ccc(C)cc2)C1)OC(C)(C)C. The Balaban J connectivity index is 1.81. The molecule has 0 saturated heterocycles. The van der Waals surface area contributed by atoms with Crippen LogP contribution in [-0.4, -0.2) is 26.2 Å². The minimum Gasteiger partial charge on any atom is -0.474 e. The molecule has 1 fully saturated rings. The number of ether oxygens (including phenoxy) is 1. The highest BCUT2D eigenvalue weighted by Crippen LogP contribution is 2.28. The van der Waals surface area contributed by atoms with Crippen molar-refractivity contribution in [3.05, 3.63) is 42.3 Å². The Hall–Kier alpha value is -1.53. The summed E-state index contributed by atoms with van der Waals surface area (Å²) >= 11 is 0. The molecule has 0 radical (unpaired) electrons. The summed E-state index contributed by atoms with van der Waals surface area (Å²) in [5.74, 6) is 0.502. The third-order valence-electron chi connectivity index (χ3n) is 3.46. The van der Waals surface area contributed by atoms with Crippen molar-refractivity contribution in [3.8, 4) is 0 Å². The quantitative estimate of drug-likeness (QED) is 0.637. The number of nitrogens with one attached hydrogen (secondary N) is 1. The molecule has 0 heterocycles. The fourth-order valence-corrected chi connectivity index (χ4v) is 3.42. The monoisotopic (exact) mass is 339 g/mol. The first kappa shape index (κ1) is 17.8. The maximum Gasteiger partial charge on any atom is 0.297 e. The summed E-state index contributed by atoms with van der Waals surface area (Å²) in [6.07, 6.45) is 0.913. The highest BCUT2D eigenvalue weighted by Gasteiger charge is 2.35. The summed E-state index contributed by atoms with van der Waals surface area (Å²) in [6, 6.07) is 6.78. The Labute approximate surface area is 138 Å². The van der Waals surface area contributed by atoms with Gasteiger partial charge in [-0.3, -0.25) is 4.18 Å². The van der Waals surface area contributed by atoms with Crippen LogP contribution in [0.5, 0.6) is 0 Å². The highest BCUT2D eigenvalue weighted by atomic mass is 32.2. The van der Waals surface area contributed by atoms with Crippen molar-refractivity contribution in [2.24, 2.45) is 0 Å². The third-order valence-corrected chi connectivity index (χ3v) is 4.84. The normalized spacial score (nSPS) is 21.4. The molecule has 1 aliphatic rings. The van der Waals surface area contributed by atoms with Gasteiger partial charge in [-0.05, 0) is 59.2 Å². The van der Waals surface area contributed by atoms with Gasteiger partial charge in [-0.25, -0.2) is 0 Å². The van der Waals surface area contributed by atoms with Gasteiger partial charge in [-0.15, -0.1) is 0 Å².